The quantitative estimate of drug-likeness (QED) is 0.329. The van der Waals surface area contributed by atoms with Gasteiger partial charge in [-0.05, 0) is 0 Å². The van der Waals surface area contributed by atoms with E-state index in [0.717, 1.165) is 0 Å². The average molecular weight is 450 g/mol. The Morgan fingerprint density at radius 2 is 0.538 bits per heavy atom. The van der Waals surface area contributed by atoms with Crippen molar-refractivity contribution in [3.8, 4) is 0 Å². The van der Waals surface area contributed by atoms with Crippen molar-refractivity contribution in [3.63, 3.8) is 0 Å². The third kappa shape index (κ3) is 855. The van der Waals surface area contributed by atoms with E-state index in [0.29, 0.717) is 0 Å². The van der Waals surface area contributed by atoms with Gasteiger partial charge in [0, 0.05) is 0 Å². The van der Waals surface area contributed by atoms with Crippen molar-refractivity contribution in [2.45, 2.75) is 0 Å². The van der Waals surface area contributed by atoms with Crippen LogP contribution in [0.5, 0.6) is 0 Å². The van der Waals surface area contributed by atoms with E-state index >= 15 is 0 Å². The summed E-state index contributed by atoms with van der Waals surface area (Å²) in [4.78, 5) is 0. The van der Waals surface area contributed by atoms with Crippen molar-refractivity contribution < 1.29 is 86.7 Å². The molecule has 0 aromatic rings. The van der Waals surface area contributed by atoms with Gasteiger partial charge < -0.3 is 0 Å². The van der Waals surface area contributed by atoms with Crippen LogP contribution in [0.4, 0.5) is 0 Å². The molecule has 0 atom stereocenters. The molecule has 0 N–H and O–H groups in total. The topological polar surface area (TPSA) is 172 Å². The molecule has 0 fully saturated rings. The molecule has 0 saturated heterocycles. The molecule has 72 valence electrons. The van der Waals surface area contributed by atoms with Gasteiger partial charge in [0.15, 0.2) is 0 Å². The zero-order valence-corrected chi connectivity index (χ0v) is 13.3. The van der Waals surface area contributed by atoms with E-state index in [2.05, 4.69) is 0 Å². The predicted octanol–water partition coefficient (Wildman–Crippen LogP) is -4.67. The van der Waals surface area contributed by atoms with Crippen LogP contribution in [0.2, 0.25) is 0 Å². The Morgan fingerprint density at radius 3 is 0.538 bits per heavy atom. The predicted molar refractivity (Wildman–Crippen MR) is 9.87 cm³/mol. The second kappa shape index (κ2) is 19.1. The maximum atomic E-state index is 8.60. The number of rotatable bonds is 0. The van der Waals surface area contributed by atoms with Crippen LogP contribution in [-0.2, 0) is 75.9 Å². The zero-order valence-electron chi connectivity index (χ0n) is 5.59. The van der Waals surface area contributed by atoms with Gasteiger partial charge in [0.2, 0.25) is 0 Å². The Bertz CT molecular complexity index is 208. The van der Waals surface area contributed by atoms with Gasteiger partial charge in [0.1, 0.15) is 0 Å². The summed E-state index contributed by atoms with van der Waals surface area (Å²) in [5.41, 5.74) is 0. The first kappa shape index (κ1) is 23.9. The van der Waals surface area contributed by atoms with Gasteiger partial charge >= 0.3 is 104 Å². The Labute approximate surface area is 103 Å². The monoisotopic (exact) mass is 450 g/mol. The first-order valence-electron chi connectivity index (χ1n) is 1.64. The molecule has 9 nitrogen and oxygen atoms in total. The van der Waals surface area contributed by atoms with E-state index in [1.54, 1.807) is 0 Å². The van der Waals surface area contributed by atoms with Gasteiger partial charge in [-0.2, -0.15) is 0 Å². The molecule has 0 radical (unpaired) electrons. The molecule has 0 heterocycles. The van der Waals surface area contributed by atoms with Gasteiger partial charge in [-0.25, -0.2) is 0 Å². The molecular weight excluding hydrogens is 450 g/mol. The van der Waals surface area contributed by atoms with Crippen LogP contribution in [0.15, 0.2) is 0 Å². The molecule has 13 heavy (non-hydrogen) atoms. The molecule has 0 bridgehead atoms. The zero-order chi connectivity index (χ0) is 10.7. The van der Waals surface area contributed by atoms with Crippen molar-refractivity contribution in [2.75, 3.05) is 0 Å². The maximum absolute atomic E-state index is 8.60. The van der Waals surface area contributed by atoms with E-state index in [4.69, 9.17) is 30.3 Å². The molecule has 0 aromatic carbocycles. The van der Waals surface area contributed by atoms with Crippen LogP contribution < -0.4 is 10.8 Å². The van der Waals surface area contributed by atoms with Crippen LogP contribution in [0, 0.1) is 0 Å². The number of hydrogen-bond acceptors (Lipinski definition) is 9. The molecule has 0 aliphatic heterocycles. The summed E-state index contributed by atoms with van der Waals surface area (Å²) in [6.07, 6.45) is 0. The van der Waals surface area contributed by atoms with Crippen molar-refractivity contribution >= 4 is 17.4 Å². The van der Waals surface area contributed by atoms with Gasteiger partial charge in [-0.1, -0.05) is 0 Å². The molecule has 0 rings (SSSR count). The SMILES string of the molecule is [Al+3].[O]=[Nb](=[O])[O-].[O]=[Nb](=[O])[O-].[O]=[Nb](=[O])[O-]. The van der Waals surface area contributed by atoms with Crippen molar-refractivity contribution in [2.24, 2.45) is 0 Å². The van der Waals surface area contributed by atoms with Crippen LogP contribution in [0.3, 0.4) is 0 Å². The van der Waals surface area contributed by atoms with Crippen LogP contribution >= 0.6 is 0 Å². The van der Waals surface area contributed by atoms with Gasteiger partial charge in [0.25, 0.3) is 0 Å². The van der Waals surface area contributed by atoms with Crippen molar-refractivity contribution in [1.82, 2.24) is 0 Å². The first-order chi connectivity index (χ1) is 5.20. The summed E-state index contributed by atoms with van der Waals surface area (Å²) in [6, 6.07) is 0. The van der Waals surface area contributed by atoms with Gasteiger partial charge in [-0.3, -0.25) is 0 Å². The Hall–Kier alpha value is 1.43. The second-order valence-electron chi connectivity index (χ2n) is 0.671. The van der Waals surface area contributed by atoms with Crippen LogP contribution in [0.25, 0.3) is 0 Å². The minimum atomic E-state index is -4.20. The van der Waals surface area contributed by atoms with Crippen LogP contribution in [-0.4, -0.2) is 17.4 Å². The van der Waals surface area contributed by atoms with Crippen LogP contribution in [0.1, 0.15) is 0 Å². The molecule has 0 unspecified atom stereocenters. The Balaban J connectivity index is -0.0000000450. The third-order valence-electron chi connectivity index (χ3n) is 0. The van der Waals surface area contributed by atoms with Gasteiger partial charge in [-0.15, -0.1) is 0 Å². The first-order valence-corrected chi connectivity index (χ1v) is 9.72. The number of hydrogen-bond donors (Lipinski definition) is 0. The molecule has 0 aromatic heterocycles. The molecule has 0 aliphatic rings. The fourth-order valence-corrected chi connectivity index (χ4v) is 0. The Kier molecular flexibility index (Phi) is 35.1. The van der Waals surface area contributed by atoms with E-state index in [9.17, 15) is 0 Å². The summed E-state index contributed by atoms with van der Waals surface area (Å²) in [5.74, 6) is 0. The summed E-state index contributed by atoms with van der Waals surface area (Å²) >= 11 is -12.6. The molecule has 0 amide bonds. The van der Waals surface area contributed by atoms with Crippen molar-refractivity contribution in [1.29, 1.82) is 0 Å². The molecule has 13 heteroatoms. The summed E-state index contributed by atoms with van der Waals surface area (Å²) < 4.78 is 77.4. The van der Waals surface area contributed by atoms with E-state index in [1.165, 1.54) is 0 Å². The summed E-state index contributed by atoms with van der Waals surface area (Å²) in [7, 11) is 0. The fourth-order valence-electron chi connectivity index (χ4n) is 0. The summed E-state index contributed by atoms with van der Waals surface area (Å²) in [6.45, 7) is 0. The van der Waals surface area contributed by atoms with E-state index in [1.807, 2.05) is 0 Å². The third-order valence-corrected chi connectivity index (χ3v) is 0. The molecule has 0 saturated carbocycles. The normalized spacial score (nSPS) is 5.77. The van der Waals surface area contributed by atoms with E-state index < -0.39 is 56.4 Å². The second-order valence-corrected chi connectivity index (χ2v) is 3.97. The standard InChI is InChI=1S/Al.3Nb.9O/q+3;;;;;;;;;;3*-1. The van der Waals surface area contributed by atoms with E-state index in [-0.39, 0.29) is 17.4 Å². The molecular formula is AlNb3O9. The van der Waals surface area contributed by atoms with Gasteiger partial charge in [0.05, 0.1) is 0 Å². The average Bonchev–Trinajstić information content (AvgIpc) is 1.54. The fraction of sp³-hybridized carbons (Fsp3) is 0. The molecule has 0 aliphatic carbocycles. The van der Waals surface area contributed by atoms with Crippen molar-refractivity contribution in [3.05, 3.63) is 0 Å². The minimum absolute atomic E-state index is 0. The molecule has 0 spiro atoms. The Morgan fingerprint density at radius 1 is 0.538 bits per heavy atom. The summed E-state index contributed by atoms with van der Waals surface area (Å²) in [5, 5.41) is 0.